The molecule has 1 fully saturated rings. The van der Waals surface area contributed by atoms with Crippen LogP contribution in [-0.2, 0) is 42.9 Å². The van der Waals surface area contributed by atoms with E-state index in [4.69, 9.17) is 23.7 Å². The number of carbonyl (C=O) groups is 5. The van der Waals surface area contributed by atoms with Gasteiger partial charge < -0.3 is 34.3 Å². The molecule has 0 radical (unpaired) electrons. The van der Waals surface area contributed by atoms with Gasteiger partial charge in [-0.2, -0.15) is 11.8 Å². The molecule has 0 saturated carbocycles. The van der Waals surface area contributed by atoms with Gasteiger partial charge in [0.05, 0.1) is 26.2 Å². The molecule has 1 aliphatic rings. The fraction of sp³-hybridized carbons (Fsp3) is 0.500. The number of nitrogens with one attached hydrogen (secondary N) is 2. The lowest BCUT2D eigenvalue weighted by Crippen LogP contribution is -2.67. The second-order valence-electron chi connectivity index (χ2n) is 10.9. The minimum absolute atomic E-state index is 0.0192. The van der Waals surface area contributed by atoms with Crippen molar-refractivity contribution in [2.24, 2.45) is 0 Å². The third kappa shape index (κ3) is 11.1. The minimum Gasteiger partial charge on any atom is -0.465 e. The van der Waals surface area contributed by atoms with E-state index in [0.29, 0.717) is 12.0 Å². The van der Waals surface area contributed by atoms with Gasteiger partial charge in [-0.05, 0) is 41.2 Å². The number of esters is 3. The van der Waals surface area contributed by atoms with Crippen molar-refractivity contribution in [1.82, 2.24) is 10.6 Å². The topological polar surface area (TPSA) is 156 Å². The quantitative estimate of drug-likeness (QED) is 0.153. The van der Waals surface area contributed by atoms with E-state index in [1.807, 2.05) is 49.4 Å². The van der Waals surface area contributed by atoms with Crippen LogP contribution in [0.4, 0.5) is 0 Å². The standard InChI is InChI=1S/C34H44N2O10S/c1-6-47-20-10-19-43-34(33(41)42-5)21-29(45-24(4)39)30(36-22(2)37)31(46-34)28(44-23(3)38)17-18-35-32(40)27-15-13-26(14-16-27)25-11-8-7-9-12-25/h7-9,11-16,28-31H,6,10,17-21H2,1-5H3,(H,35,40)(H,36,37)/t28-,29+,30-,31+,34-/m1/s1. The average Bonchev–Trinajstić information content (AvgIpc) is 3.04. The van der Waals surface area contributed by atoms with Crippen LogP contribution < -0.4 is 10.6 Å². The van der Waals surface area contributed by atoms with E-state index in [2.05, 4.69) is 10.6 Å². The number of carbonyl (C=O) groups excluding carboxylic acids is 5. The predicted octanol–water partition coefficient (Wildman–Crippen LogP) is 3.66. The predicted molar refractivity (Wildman–Crippen MR) is 175 cm³/mol. The van der Waals surface area contributed by atoms with E-state index in [1.165, 1.54) is 27.9 Å². The summed E-state index contributed by atoms with van der Waals surface area (Å²) in [7, 11) is 1.17. The number of hydrogen-bond donors (Lipinski definition) is 2. The van der Waals surface area contributed by atoms with Crippen LogP contribution in [-0.4, -0.2) is 91.6 Å². The van der Waals surface area contributed by atoms with E-state index < -0.39 is 54.0 Å². The Morgan fingerprint density at radius 2 is 1.66 bits per heavy atom. The first-order valence-electron chi connectivity index (χ1n) is 15.5. The monoisotopic (exact) mass is 672 g/mol. The van der Waals surface area contributed by atoms with Gasteiger partial charge in [-0.3, -0.25) is 19.2 Å². The highest BCUT2D eigenvalue weighted by molar-refractivity contribution is 7.99. The van der Waals surface area contributed by atoms with Crippen LogP contribution in [0.3, 0.4) is 0 Å². The van der Waals surface area contributed by atoms with E-state index in [9.17, 15) is 24.0 Å². The number of hydrogen-bond acceptors (Lipinski definition) is 11. The number of benzene rings is 2. The lowest BCUT2D eigenvalue weighted by Gasteiger charge is -2.47. The molecule has 1 aliphatic heterocycles. The Bertz CT molecular complexity index is 1360. The molecule has 0 spiro atoms. The number of methoxy groups -OCH3 is 1. The van der Waals surface area contributed by atoms with Gasteiger partial charge in [0.25, 0.3) is 11.7 Å². The minimum atomic E-state index is -2.03. The van der Waals surface area contributed by atoms with Crippen LogP contribution in [0.5, 0.6) is 0 Å². The maximum atomic E-state index is 13.3. The SMILES string of the molecule is CCSCCCO[C@]1(C(=O)OC)C[C@H](OC(C)=O)[C@@H](NC(C)=O)[C@H]([C@@H](CCNC(=O)c2ccc(-c3ccccc3)cc2)OC(C)=O)O1. The van der Waals surface area contributed by atoms with Gasteiger partial charge >= 0.3 is 17.9 Å². The zero-order valence-corrected chi connectivity index (χ0v) is 28.3. The highest BCUT2D eigenvalue weighted by Crippen LogP contribution is 2.36. The van der Waals surface area contributed by atoms with Gasteiger partial charge in [-0.25, -0.2) is 4.79 Å². The molecular weight excluding hydrogens is 628 g/mol. The summed E-state index contributed by atoms with van der Waals surface area (Å²) in [4.78, 5) is 63.1. The van der Waals surface area contributed by atoms with E-state index in [1.54, 1.807) is 23.9 Å². The molecule has 2 N–H and O–H groups in total. The molecule has 0 unspecified atom stereocenters. The second-order valence-corrected chi connectivity index (χ2v) is 12.3. The molecule has 1 saturated heterocycles. The van der Waals surface area contributed by atoms with Crippen LogP contribution in [0.25, 0.3) is 11.1 Å². The van der Waals surface area contributed by atoms with Crippen LogP contribution in [0.2, 0.25) is 0 Å². The number of amides is 2. The van der Waals surface area contributed by atoms with Crippen molar-refractivity contribution in [1.29, 1.82) is 0 Å². The molecule has 12 nitrogen and oxygen atoms in total. The first-order chi connectivity index (χ1) is 22.5. The molecule has 0 aromatic heterocycles. The zero-order chi connectivity index (χ0) is 34.4. The smallest absolute Gasteiger partial charge is 0.366 e. The lowest BCUT2D eigenvalue weighted by atomic mass is 9.88. The summed E-state index contributed by atoms with van der Waals surface area (Å²) in [5, 5.41) is 5.56. The summed E-state index contributed by atoms with van der Waals surface area (Å²) >= 11 is 1.70. The molecule has 256 valence electrons. The highest BCUT2D eigenvalue weighted by Gasteiger charge is 2.57. The van der Waals surface area contributed by atoms with Crippen LogP contribution in [0, 0.1) is 0 Å². The summed E-state index contributed by atoms with van der Waals surface area (Å²) in [6.07, 6.45) is -3.16. The molecule has 3 rings (SSSR count). The van der Waals surface area contributed by atoms with Gasteiger partial charge in [0, 0.05) is 39.3 Å². The summed E-state index contributed by atoms with van der Waals surface area (Å²) < 4.78 is 28.7. The Kier molecular flexibility index (Phi) is 14.7. The van der Waals surface area contributed by atoms with Crippen molar-refractivity contribution in [3.05, 3.63) is 60.2 Å². The first-order valence-corrected chi connectivity index (χ1v) is 16.7. The summed E-state index contributed by atoms with van der Waals surface area (Å²) in [6, 6.07) is 15.8. The maximum Gasteiger partial charge on any atom is 0.366 e. The Balaban J connectivity index is 1.86. The summed E-state index contributed by atoms with van der Waals surface area (Å²) in [5.74, 6) is -3.40. The Morgan fingerprint density at radius 3 is 2.26 bits per heavy atom. The fourth-order valence-electron chi connectivity index (χ4n) is 5.35. The molecule has 0 aliphatic carbocycles. The van der Waals surface area contributed by atoms with E-state index >= 15 is 0 Å². The molecule has 47 heavy (non-hydrogen) atoms. The Morgan fingerprint density at radius 1 is 0.979 bits per heavy atom. The third-order valence-corrected chi connectivity index (χ3v) is 8.34. The second kappa shape index (κ2) is 18.4. The largest absolute Gasteiger partial charge is 0.465 e. The average molecular weight is 673 g/mol. The van der Waals surface area contributed by atoms with Crippen molar-refractivity contribution >= 4 is 41.5 Å². The fourth-order valence-corrected chi connectivity index (χ4v) is 5.96. The van der Waals surface area contributed by atoms with Crippen molar-refractivity contribution in [3.8, 4) is 11.1 Å². The lowest BCUT2D eigenvalue weighted by molar-refractivity contribution is -0.309. The van der Waals surface area contributed by atoms with Crippen LogP contribution in [0.1, 0.15) is 57.3 Å². The van der Waals surface area contributed by atoms with Gasteiger partial charge in [0.15, 0.2) is 0 Å². The van der Waals surface area contributed by atoms with Gasteiger partial charge in [-0.15, -0.1) is 0 Å². The van der Waals surface area contributed by atoms with E-state index in [0.717, 1.165) is 22.6 Å². The van der Waals surface area contributed by atoms with Crippen LogP contribution >= 0.6 is 11.8 Å². The van der Waals surface area contributed by atoms with Crippen molar-refractivity contribution in [2.75, 3.05) is 31.8 Å². The number of ether oxygens (including phenoxy) is 5. The van der Waals surface area contributed by atoms with E-state index in [-0.39, 0.29) is 31.9 Å². The molecule has 2 aromatic rings. The Labute approximate surface area is 279 Å². The number of thioether (sulfide) groups is 1. The van der Waals surface area contributed by atoms with Crippen LogP contribution in [0.15, 0.2) is 54.6 Å². The van der Waals surface area contributed by atoms with Crippen molar-refractivity contribution in [2.45, 2.75) is 77.1 Å². The zero-order valence-electron chi connectivity index (χ0n) is 27.4. The molecule has 0 bridgehead atoms. The summed E-state index contributed by atoms with van der Waals surface area (Å²) in [6.45, 7) is 5.85. The highest BCUT2D eigenvalue weighted by atomic mass is 32.2. The molecule has 5 atom stereocenters. The van der Waals surface area contributed by atoms with Crippen molar-refractivity contribution < 1.29 is 47.7 Å². The normalized spacial score (nSPS) is 21.2. The van der Waals surface area contributed by atoms with Gasteiger partial charge in [-0.1, -0.05) is 49.4 Å². The number of rotatable bonds is 16. The third-order valence-electron chi connectivity index (χ3n) is 7.36. The maximum absolute atomic E-state index is 13.3. The van der Waals surface area contributed by atoms with Crippen molar-refractivity contribution in [3.63, 3.8) is 0 Å². The van der Waals surface area contributed by atoms with Gasteiger partial charge in [0.1, 0.15) is 18.3 Å². The Hall–Kier alpha value is -3.94. The molecular formula is C34H44N2O10S. The van der Waals surface area contributed by atoms with Gasteiger partial charge in [0.2, 0.25) is 5.91 Å². The molecule has 2 aromatic carbocycles. The summed E-state index contributed by atoms with van der Waals surface area (Å²) in [5.41, 5.74) is 2.40. The first kappa shape index (κ1) is 37.5. The molecule has 13 heteroatoms. The molecule has 2 amide bonds. The molecule has 1 heterocycles.